The molecule has 2 rings (SSSR count). The number of nitrogens with one attached hydrogen (secondary N) is 1. The molecular weight excluding hydrogens is 450 g/mol. The average molecular weight is 488 g/mol. The van der Waals surface area contributed by atoms with E-state index in [4.69, 9.17) is 0 Å². The molecule has 0 aliphatic heterocycles. The number of hydrogen-bond acceptors (Lipinski definition) is 4. The highest BCUT2D eigenvalue weighted by molar-refractivity contribution is 7.92. The molecule has 0 heterocycles. The van der Waals surface area contributed by atoms with E-state index >= 15 is 0 Å². The lowest BCUT2D eigenvalue weighted by Crippen LogP contribution is -2.47. The Morgan fingerprint density at radius 2 is 1.74 bits per heavy atom. The maximum Gasteiger partial charge on any atom is 0.242 e. The van der Waals surface area contributed by atoms with Crippen molar-refractivity contribution >= 4 is 27.5 Å². The fourth-order valence-electron chi connectivity index (χ4n) is 3.73. The third-order valence-corrected chi connectivity index (χ3v) is 6.88. The lowest BCUT2D eigenvalue weighted by atomic mass is 10.1. The van der Waals surface area contributed by atoms with Gasteiger partial charge in [0, 0.05) is 26.1 Å². The standard InChI is InChI=1S/C26H37N3O4S/c1-6-16-27-26(31)22(4)28(19-23-11-8-7-9-12-23)25(30)13-10-17-29(34(5,32)33)24-18-20(2)14-15-21(24)3/h7-9,11-12,14-15,18,22H,6,10,13,16-17,19H2,1-5H3,(H,27,31)/t22-/m0/s1. The van der Waals surface area contributed by atoms with Crippen LogP contribution in [0.15, 0.2) is 48.5 Å². The first-order valence-corrected chi connectivity index (χ1v) is 13.6. The van der Waals surface area contributed by atoms with Crippen molar-refractivity contribution in [3.05, 3.63) is 65.2 Å². The molecule has 0 aliphatic rings. The van der Waals surface area contributed by atoms with Crippen LogP contribution in [0.2, 0.25) is 0 Å². The molecule has 8 heteroatoms. The van der Waals surface area contributed by atoms with Gasteiger partial charge in [-0.05, 0) is 56.4 Å². The summed E-state index contributed by atoms with van der Waals surface area (Å²) in [5.74, 6) is -0.378. The van der Waals surface area contributed by atoms with Crippen molar-refractivity contribution < 1.29 is 18.0 Å². The van der Waals surface area contributed by atoms with E-state index in [0.717, 1.165) is 23.1 Å². The minimum atomic E-state index is -3.52. The summed E-state index contributed by atoms with van der Waals surface area (Å²) in [6, 6.07) is 14.6. The van der Waals surface area contributed by atoms with Gasteiger partial charge in [-0.25, -0.2) is 8.42 Å². The largest absolute Gasteiger partial charge is 0.354 e. The van der Waals surface area contributed by atoms with Crippen molar-refractivity contribution in [2.45, 2.75) is 59.5 Å². The van der Waals surface area contributed by atoms with Crippen molar-refractivity contribution in [1.82, 2.24) is 10.2 Å². The Bertz CT molecular complexity index is 1070. The van der Waals surface area contributed by atoms with Crippen LogP contribution in [0, 0.1) is 13.8 Å². The number of nitrogens with zero attached hydrogens (tertiary/aromatic N) is 2. The van der Waals surface area contributed by atoms with Gasteiger partial charge in [-0.1, -0.05) is 49.4 Å². The van der Waals surface area contributed by atoms with E-state index in [1.165, 1.54) is 10.6 Å². The third-order valence-electron chi connectivity index (χ3n) is 5.70. The summed E-state index contributed by atoms with van der Waals surface area (Å²) in [6.07, 6.45) is 2.46. The molecule has 2 aromatic rings. The Hall–Kier alpha value is -2.87. The number of amides is 2. The quantitative estimate of drug-likeness (QED) is 0.493. The fourth-order valence-corrected chi connectivity index (χ4v) is 4.74. The minimum Gasteiger partial charge on any atom is -0.354 e. The van der Waals surface area contributed by atoms with Crippen LogP contribution in [0.5, 0.6) is 0 Å². The monoisotopic (exact) mass is 487 g/mol. The Morgan fingerprint density at radius 1 is 1.06 bits per heavy atom. The van der Waals surface area contributed by atoms with E-state index in [2.05, 4.69) is 5.32 Å². The molecule has 0 aromatic heterocycles. The van der Waals surface area contributed by atoms with E-state index in [1.807, 2.05) is 69.3 Å². The first kappa shape index (κ1) is 27.4. The van der Waals surface area contributed by atoms with E-state index in [9.17, 15) is 18.0 Å². The molecule has 1 atom stereocenters. The van der Waals surface area contributed by atoms with Gasteiger partial charge in [-0.2, -0.15) is 0 Å². The zero-order valence-corrected chi connectivity index (χ0v) is 21.7. The molecule has 7 nitrogen and oxygen atoms in total. The second-order valence-electron chi connectivity index (χ2n) is 8.70. The molecule has 0 fully saturated rings. The molecule has 0 radical (unpaired) electrons. The number of sulfonamides is 1. The van der Waals surface area contributed by atoms with Crippen LogP contribution in [0.3, 0.4) is 0 Å². The van der Waals surface area contributed by atoms with Gasteiger partial charge in [0.15, 0.2) is 0 Å². The molecule has 1 N–H and O–H groups in total. The third kappa shape index (κ3) is 7.87. The minimum absolute atomic E-state index is 0.134. The van der Waals surface area contributed by atoms with Crippen LogP contribution in [0.4, 0.5) is 5.69 Å². The predicted octanol–water partition coefficient (Wildman–Crippen LogP) is 3.79. The SMILES string of the molecule is CCCNC(=O)[C@H](C)N(Cc1ccccc1)C(=O)CCCN(c1cc(C)ccc1C)S(C)(=O)=O. The Balaban J connectivity index is 2.16. The average Bonchev–Trinajstić information content (AvgIpc) is 2.79. The fraction of sp³-hybridized carbons (Fsp3) is 0.462. The topological polar surface area (TPSA) is 86.8 Å². The number of anilines is 1. The van der Waals surface area contributed by atoms with E-state index in [1.54, 1.807) is 11.8 Å². The van der Waals surface area contributed by atoms with E-state index in [0.29, 0.717) is 25.2 Å². The van der Waals surface area contributed by atoms with Gasteiger partial charge in [-0.3, -0.25) is 13.9 Å². The molecule has 0 bridgehead atoms. The number of rotatable bonds is 12. The Kier molecular flexibility index (Phi) is 10.1. The molecule has 2 amide bonds. The first-order valence-electron chi connectivity index (χ1n) is 11.7. The highest BCUT2D eigenvalue weighted by Crippen LogP contribution is 2.24. The molecule has 0 saturated carbocycles. The maximum absolute atomic E-state index is 13.2. The summed E-state index contributed by atoms with van der Waals surface area (Å²) >= 11 is 0. The molecule has 34 heavy (non-hydrogen) atoms. The van der Waals surface area contributed by atoms with Crippen molar-refractivity contribution in [2.24, 2.45) is 0 Å². The zero-order chi connectivity index (χ0) is 25.3. The van der Waals surface area contributed by atoms with Crippen LogP contribution in [-0.2, 0) is 26.2 Å². The van der Waals surface area contributed by atoms with Gasteiger partial charge in [0.1, 0.15) is 6.04 Å². The van der Waals surface area contributed by atoms with Crippen molar-refractivity contribution in [2.75, 3.05) is 23.7 Å². The van der Waals surface area contributed by atoms with Gasteiger partial charge in [-0.15, -0.1) is 0 Å². The molecule has 186 valence electrons. The molecular formula is C26H37N3O4S. The van der Waals surface area contributed by atoms with Gasteiger partial charge in [0.2, 0.25) is 21.8 Å². The molecule has 2 aromatic carbocycles. The van der Waals surface area contributed by atoms with Gasteiger partial charge >= 0.3 is 0 Å². The van der Waals surface area contributed by atoms with Crippen LogP contribution in [-0.4, -0.2) is 50.5 Å². The summed E-state index contributed by atoms with van der Waals surface area (Å²) in [6.45, 7) is 8.54. The summed E-state index contributed by atoms with van der Waals surface area (Å²) in [5, 5.41) is 2.86. The summed E-state index contributed by atoms with van der Waals surface area (Å²) in [7, 11) is -3.52. The second-order valence-corrected chi connectivity index (χ2v) is 10.6. The van der Waals surface area contributed by atoms with E-state index in [-0.39, 0.29) is 24.8 Å². The molecule has 0 saturated heterocycles. The maximum atomic E-state index is 13.2. The lowest BCUT2D eigenvalue weighted by molar-refractivity contribution is -0.140. The number of carbonyl (C=O) groups excluding carboxylic acids is 2. The molecule has 0 unspecified atom stereocenters. The molecule has 0 aliphatic carbocycles. The number of hydrogen-bond donors (Lipinski definition) is 1. The van der Waals surface area contributed by atoms with Crippen molar-refractivity contribution in [3.63, 3.8) is 0 Å². The highest BCUT2D eigenvalue weighted by Gasteiger charge is 2.26. The second kappa shape index (κ2) is 12.6. The number of carbonyl (C=O) groups is 2. The van der Waals surface area contributed by atoms with Crippen LogP contribution in [0.25, 0.3) is 0 Å². The van der Waals surface area contributed by atoms with Gasteiger partial charge < -0.3 is 10.2 Å². The first-order chi connectivity index (χ1) is 16.0. The Morgan fingerprint density at radius 3 is 2.35 bits per heavy atom. The number of benzene rings is 2. The number of aryl methyl sites for hydroxylation is 2. The smallest absolute Gasteiger partial charge is 0.242 e. The molecule has 0 spiro atoms. The normalized spacial score (nSPS) is 12.1. The zero-order valence-electron chi connectivity index (χ0n) is 20.9. The summed E-state index contributed by atoms with van der Waals surface area (Å²) in [4.78, 5) is 27.4. The van der Waals surface area contributed by atoms with Crippen LogP contribution in [0.1, 0.15) is 49.8 Å². The van der Waals surface area contributed by atoms with Gasteiger partial charge in [0.25, 0.3) is 0 Å². The van der Waals surface area contributed by atoms with Crippen LogP contribution < -0.4 is 9.62 Å². The van der Waals surface area contributed by atoms with Crippen molar-refractivity contribution in [1.29, 1.82) is 0 Å². The van der Waals surface area contributed by atoms with Gasteiger partial charge in [0.05, 0.1) is 11.9 Å². The van der Waals surface area contributed by atoms with E-state index < -0.39 is 16.1 Å². The van der Waals surface area contributed by atoms with Crippen molar-refractivity contribution in [3.8, 4) is 0 Å². The predicted molar refractivity (Wildman–Crippen MR) is 137 cm³/mol. The summed E-state index contributed by atoms with van der Waals surface area (Å²) in [5.41, 5.74) is 3.38. The lowest BCUT2D eigenvalue weighted by Gasteiger charge is -2.29. The van der Waals surface area contributed by atoms with Crippen LogP contribution >= 0.6 is 0 Å². The highest BCUT2D eigenvalue weighted by atomic mass is 32.2. The Labute approximate surface area is 204 Å². The summed E-state index contributed by atoms with van der Waals surface area (Å²) < 4.78 is 26.4.